The number of hydrogen-bond acceptors (Lipinski definition) is 1. The molecule has 0 saturated carbocycles. The lowest BCUT2D eigenvalue weighted by Gasteiger charge is -2.31. The van der Waals surface area contributed by atoms with Gasteiger partial charge in [-0.3, -0.25) is 0 Å². The van der Waals surface area contributed by atoms with Crippen molar-refractivity contribution in [2.24, 2.45) is 17.8 Å². The molecular formula is C10H18O. The average Bonchev–Trinajstić information content (AvgIpc) is 1.96. The normalized spacial score (nSPS) is 38.5. The van der Waals surface area contributed by atoms with E-state index >= 15 is 0 Å². The molecule has 1 rings (SSSR count). The van der Waals surface area contributed by atoms with Crippen LogP contribution < -0.4 is 0 Å². The predicted octanol–water partition coefficient (Wildman–Crippen LogP) is 2.22. The molecule has 0 radical (unpaired) electrons. The van der Waals surface area contributed by atoms with Gasteiger partial charge in [0.25, 0.3) is 0 Å². The van der Waals surface area contributed by atoms with Crippen molar-refractivity contribution in [3.63, 3.8) is 0 Å². The van der Waals surface area contributed by atoms with Crippen LogP contribution in [0.3, 0.4) is 0 Å². The van der Waals surface area contributed by atoms with Gasteiger partial charge in [0.1, 0.15) is 0 Å². The highest BCUT2D eigenvalue weighted by atomic mass is 16.3. The number of hydrogen-bond donors (Lipinski definition) is 1. The Morgan fingerprint density at radius 1 is 1.55 bits per heavy atom. The maximum Gasteiger partial charge on any atom is 0.0465 e. The Hall–Kier alpha value is -0.300. The van der Waals surface area contributed by atoms with Crippen LogP contribution in [0.5, 0.6) is 0 Å². The molecular weight excluding hydrogens is 136 g/mol. The molecule has 0 heterocycles. The van der Waals surface area contributed by atoms with Crippen LogP contribution in [0.4, 0.5) is 0 Å². The van der Waals surface area contributed by atoms with E-state index in [1.807, 2.05) is 0 Å². The van der Waals surface area contributed by atoms with Gasteiger partial charge in [-0.05, 0) is 31.1 Å². The minimum Gasteiger partial charge on any atom is -0.396 e. The zero-order valence-corrected chi connectivity index (χ0v) is 7.67. The lowest BCUT2D eigenvalue weighted by atomic mass is 9.76. The summed E-state index contributed by atoms with van der Waals surface area (Å²) in [6, 6.07) is 0. The summed E-state index contributed by atoms with van der Waals surface area (Å²) in [5.74, 6) is 1.78. The molecule has 0 bridgehead atoms. The Balaban J connectivity index is 2.67. The lowest BCUT2D eigenvalue weighted by molar-refractivity contribution is 0.155. The monoisotopic (exact) mass is 154 g/mol. The first kappa shape index (κ1) is 8.79. The van der Waals surface area contributed by atoms with Crippen LogP contribution in [-0.2, 0) is 0 Å². The molecule has 0 aromatic carbocycles. The van der Waals surface area contributed by atoms with Gasteiger partial charge in [0, 0.05) is 6.61 Å². The lowest BCUT2D eigenvalue weighted by Crippen LogP contribution is -2.25. The fourth-order valence-corrected chi connectivity index (χ4v) is 1.93. The van der Waals surface area contributed by atoms with Gasteiger partial charge >= 0.3 is 0 Å². The molecule has 11 heavy (non-hydrogen) atoms. The van der Waals surface area contributed by atoms with Crippen molar-refractivity contribution in [3.05, 3.63) is 11.6 Å². The summed E-state index contributed by atoms with van der Waals surface area (Å²) in [6.07, 6.45) is 3.42. The molecule has 3 unspecified atom stereocenters. The first-order valence-electron chi connectivity index (χ1n) is 4.43. The fraction of sp³-hybridized carbons (Fsp3) is 0.800. The van der Waals surface area contributed by atoms with E-state index < -0.39 is 0 Å². The SMILES string of the molecule is CC1=CC(C)C(C)C(CO)C1. The maximum absolute atomic E-state index is 9.07. The van der Waals surface area contributed by atoms with Crippen molar-refractivity contribution in [1.82, 2.24) is 0 Å². The third-order valence-electron chi connectivity index (χ3n) is 2.94. The van der Waals surface area contributed by atoms with Crippen LogP contribution in [0.2, 0.25) is 0 Å². The first-order valence-corrected chi connectivity index (χ1v) is 4.43. The summed E-state index contributed by atoms with van der Waals surface area (Å²) in [7, 11) is 0. The van der Waals surface area contributed by atoms with Crippen LogP contribution in [-0.4, -0.2) is 11.7 Å². The van der Waals surface area contributed by atoms with E-state index in [1.165, 1.54) is 5.57 Å². The Labute approximate surface area is 69.1 Å². The summed E-state index contributed by atoms with van der Waals surface area (Å²) < 4.78 is 0. The van der Waals surface area contributed by atoms with Crippen molar-refractivity contribution >= 4 is 0 Å². The van der Waals surface area contributed by atoms with Crippen LogP contribution in [0.25, 0.3) is 0 Å². The maximum atomic E-state index is 9.07. The standard InChI is InChI=1S/C10H18O/c1-7-4-8(2)9(3)10(5-7)6-11/h4,8-11H,5-6H2,1-3H3. The van der Waals surface area contributed by atoms with Gasteiger partial charge in [0.2, 0.25) is 0 Å². The van der Waals surface area contributed by atoms with E-state index in [4.69, 9.17) is 5.11 Å². The molecule has 1 N–H and O–H groups in total. The second-order valence-corrected chi connectivity index (χ2v) is 3.88. The quantitative estimate of drug-likeness (QED) is 0.574. The predicted molar refractivity (Wildman–Crippen MR) is 47.3 cm³/mol. The van der Waals surface area contributed by atoms with Crippen molar-refractivity contribution in [2.45, 2.75) is 27.2 Å². The molecule has 1 aliphatic rings. The van der Waals surface area contributed by atoms with Gasteiger partial charge in [0.15, 0.2) is 0 Å². The summed E-state index contributed by atoms with van der Waals surface area (Å²) in [5, 5.41) is 9.07. The molecule has 0 spiro atoms. The number of aliphatic hydroxyl groups is 1. The number of aliphatic hydroxyl groups excluding tert-OH is 1. The van der Waals surface area contributed by atoms with Gasteiger partial charge < -0.3 is 5.11 Å². The van der Waals surface area contributed by atoms with Crippen LogP contribution >= 0.6 is 0 Å². The third kappa shape index (κ3) is 1.84. The minimum absolute atomic E-state index is 0.344. The van der Waals surface area contributed by atoms with Gasteiger partial charge in [0.05, 0.1) is 0 Å². The van der Waals surface area contributed by atoms with Gasteiger partial charge in [-0.15, -0.1) is 0 Å². The highest BCUT2D eigenvalue weighted by Crippen LogP contribution is 2.32. The van der Waals surface area contributed by atoms with Crippen molar-refractivity contribution in [3.8, 4) is 0 Å². The second kappa shape index (κ2) is 3.40. The Bertz CT molecular complexity index is 160. The van der Waals surface area contributed by atoms with Crippen molar-refractivity contribution < 1.29 is 5.11 Å². The minimum atomic E-state index is 0.344. The molecule has 0 aromatic heterocycles. The van der Waals surface area contributed by atoms with Crippen molar-refractivity contribution in [1.29, 1.82) is 0 Å². The largest absolute Gasteiger partial charge is 0.396 e. The molecule has 3 atom stereocenters. The summed E-state index contributed by atoms with van der Waals surface area (Å²) in [5.41, 5.74) is 1.44. The second-order valence-electron chi connectivity index (χ2n) is 3.88. The number of allylic oxidation sites excluding steroid dienone is 2. The zero-order valence-electron chi connectivity index (χ0n) is 7.67. The molecule has 64 valence electrons. The summed E-state index contributed by atoms with van der Waals surface area (Å²) in [6.45, 7) is 6.96. The molecule has 0 fully saturated rings. The third-order valence-corrected chi connectivity index (χ3v) is 2.94. The average molecular weight is 154 g/mol. The van der Waals surface area contributed by atoms with E-state index in [-0.39, 0.29) is 0 Å². The molecule has 0 saturated heterocycles. The summed E-state index contributed by atoms with van der Waals surface area (Å²) in [4.78, 5) is 0. The van der Waals surface area contributed by atoms with Crippen LogP contribution in [0, 0.1) is 17.8 Å². The molecule has 1 aliphatic carbocycles. The summed E-state index contributed by atoms with van der Waals surface area (Å²) >= 11 is 0. The van der Waals surface area contributed by atoms with E-state index in [2.05, 4.69) is 26.8 Å². The van der Waals surface area contributed by atoms with E-state index in [9.17, 15) is 0 Å². The zero-order chi connectivity index (χ0) is 8.43. The van der Waals surface area contributed by atoms with Gasteiger partial charge in [-0.25, -0.2) is 0 Å². The van der Waals surface area contributed by atoms with Crippen LogP contribution in [0.1, 0.15) is 27.2 Å². The van der Waals surface area contributed by atoms with E-state index in [1.54, 1.807) is 0 Å². The smallest absolute Gasteiger partial charge is 0.0465 e. The highest BCUT2D eigenvalue weighted by Gasteiger charge is 2.24. The topological polar surface area (TPSA) is 20.2 Å². The highest BCUT2D eigenvalue weighted by molar-refractivity contribution is 5.07. The van der Waals surface area contributed by atoms with E-state index in [0.29, 0.717) is 24.4 Å². The fourth-order valence-electron chi connectivity index (χ4n) is 1.93. The number of rotatable bonds is 1. The van der Waals surface area contributed by atoms with Crippen LogP contribution in [0.15, 0.2) is 11.6 Å². The molecule has 1 heteroatoms. The molecule has 0 amide bonds. The first-order chi connectivity index (χ1) is 5.15. The Kier molecular flexibility index (Phi) is 2.72. The molecule has 1 nitrogen and oxygen atoms in total. The molecule has 0 aromatic rings. The van der Waals surface area contributed by atoms with Gasteiger partial charge in [-0.1, -0.05) is 25.5 Å². The van der Waals surface area contributed by atoms with E-state index in [0.717, 1.165) is 6.42 Å². The van der Waals surface area contributed by atoms with Gasteiger partial charge in [-0.2, -0.15) is 0 Å². The Morgan fingerprint density at radius 2 is 2.18 bits per heavy atom. The Morgan fingerprint density at radius 3 is 2.73 bits per heavy atom. The van der Waals surface area contributed by atoms with Crippen molar-refractivity contribution in [2.75, 3.05) is 6.61 Å². The molecule has 0 aliphatic heterocycles.